The molecular weight excluding hydrogens is 338 g/mol. The lowest BCUT2D eigenvalue weighted by atomic mass is 9.87. The molecule has 2 amide bonds. The Labute approximate surface area is 160 Å². The maximum atomic E-state index is 12.5. The lowest BCUT2D eigenvalue weighted by Crippen LogP contribution is -2.27. The van der Waals surface area contributed by atoms with Gasteiger partial charge in [-0.2, -0.15) is 0 Å². The third-order valence-corrected chi connectivity index (χ3v) is 5.15. The summed E-state index contributed by atoms with van der Waals surface area (Å²) >= 11 is 0. The van der Waals surface area contributed by atoms with Gasteiger partial charge in [-0.25, -0.2) is 0 Å². The van der Waals surface area contributed by atoms with E-state index in [-0.39, 0.29) is 11.8 Å². The van der Waals surface area contributed by atoms with Crippen LogP contribution in [0, 0.1) is 5.92 Å². The molecule has 2 aromatic rings. The van der Waals surface area contributed by atoms with Gasteiger partial charge in [-0.3, -0.25) is 9.59 Å². The first kappa shape index (κ1) is 19.0. The van der Waals surface area contributed by atoms with Gasteiger partial charge in [-0.1, -0.05) is 50.3 Å². The molecule has 4 N–H and O–H groups in total. The lowest BCUT2D eigenvalue weighted by Gasteiger charge is -2.21. The van der Waals surface area contributed by atoms with E-state index in [0.717, 1.165) is 6.42 Å². The Hall–Kier alpha value is -2.82. The second kappa shape index (κ2) is 9.21. The number of hydrogen-bond donors (Lipinski definition) is 3. The first-order chi connectivity index (χ1) is 13.1. The molecule has 1 saturated carbocycles. The van der Waals surface area contributed by atoms with Gasteiger partial charge in [-0.15, -0.1) is 0 Å². The average molecular weight is 365 g/mol. The van der Waals surface area contributed by atoms with Crippen molar-refractivity contribution in [2.24, 2.45) is 5.92 Å². The quantitative estimate of drug-likeness (QED) is 0.670. The van der Waals surface area contributed by atoms with E-state index >= 15 is 0 Å². The molecule has 0 heterocycles. The Balaban J connectivity index is 1.58. The van der Waals surface area contributed by atoms with Crippen molar-refractivity contribution in [1.82, 2.24) is 5.32 Å². The molecule has 0 radical (unpaired) electrons. The minimum absolute atomic E-state index is 0.195. The van der Waals surface area contributed by atoms with Gasteiger partial charge in [0, 0.05) is 23.5 Å². The Morgan fingerprint density at radius 1 is 0.963 bits per heavy atom. The molecule has 0 spiro atoms. The van der Waals surface area contributed by atoms with E-state index in [0.29, 0.717) is 35.0 Å². The molecule has 0 saturated heterocycles. The van der Waals surface area contributed by atoms with Crippen LogP contribution < -0.4 is 16.4 Å². The van der Waals surface area contributed by atoms with Crippen molar-refractivity contribution in [1.29, 1.82) is 0 Å². The number of amides is 2. The zero-order valence-corrected chi connectivity index (χ0v) is 15.5. The normalized spacial score (nSPS) is 14.5. The molecule has 0 unspecified atom stereocenters. The van der Waals surface area contributed by atoms with Crippen molar-refractivity contribution < 1.29 is 9.59 Å². The SMILES string of the molecule is Nc1ccc(NC(=O)c2ccccc2)cc1C(=O)NCCC1CCCCC1. The number of benzene rings is 2. The molecule has 5 heteroatoms. The molecule has 1 fully saturated rings. The van der Waals surface area contributed by atoms with Gasteiger partial charge in [0.2, 0.25) is 0 Å². The van der Waals surface area contributed by atoms with Crippen molar-refractivity contribution in [3.63, 3.8) is 0 Å². The highest BCUT2D eigenvalue weighted by Gasteiger charge is 2.15. The number of rotatable bonds is 6. The van der Waals surface area contributed by atoms with Crippen LogP contribution in [0.5, 0.6) is 0 Å². The van der Waals surface area contributed by atoms with Crippen LogP contribution >= 0.6 is 0 Å². The molecule has 5 nitrogen and oxygen atoms in total. The summed E-state index contributed by atoms with van der Waals surface area (Å²) in [5.74, 6) is 0.302. The Morgan fingerprint density at radius 2 is 1.70 bits per heavy atom. The molecule has 0 bridgehead atoms. The number of anilines is 2. The van der Waals surface area contributed by atoms with Gasteiger partial charge in [0.05, 0.1) is 5.56 Å². The highest BCUT2D eigenvalue weighted by molar-refractivity contribution is 6.06. The summed E-state index contributed by atoms with van der Waals surface area (Å²) < 4.78 is 0. The van der Waals surface area contributed by atoms with E-state index < -0.39 is 0 Å². The summed E-state index contributed by atoms with van der Waals surface area (Å²) in [4.78, 5) is 24.8. The van der Waals surface area contributed by atoms with E-state index in [9.17, 15) is 9.59 Å². The molecule has 3 rings (SSSR count). The second-order valence-corrected chi connectivity index (χ2v) is 7.17. The molecule has 0 aromatic heterocycles. The molecule has 142 valence electrons. The Kier molecular flexibility index (Phi) is 6.47. The molecule has 1 aliphatic carbocycles. The third-order valence-electron chi connectivity index (χ3n) is 5.15. The fourth-order valence-corrected chi connectivity index (χ4v) is 3.58. The summed E-state index contributed by atoms with van der Waals surface area (Å²) in [5, 5.41) is 5.78. The molecule has 27 heavy (non-hydrogen) atoms. The van der Waals surface area contributed by atoms with Gasteiger partial charge in [0.25, 0.3) is 11.8 Å². The predicted octanol–water partition coefficient (Wildman–Crippen LogP) is 4.22. The summed E-state index contributed by atoms with van der Waals surface area (Å²) in [6.07, 6.45) is 7.47. The molecular formula is C22H27N3O2. The maximum absolute atomic E-state index is 12.5. The zero-order chi connectivity index (χ0) is 19.1. The van der Waals surface area contributed by atoms with Crippen LogP contribution in [-0.2, 0) is 0 Å². The minimum Gasteiger partial charge on any atom is -0.398 e. The van der Waals surface area contributed by atoms with Gasteiger partial charge in [0.1, 0.15) is 0 Å². The van der Waals surface area contributed by atoms with Gasteiger partial charge in [0.15, 0.2) is 0 Å². The Morgan fingerprint density at radius 3 is 2.44 bits per heavy atom. The number of nitrogens with one attached hydrogen (secondary N) is 2. The van der Waals surface area contributed by atoms with Crippen molar-refractivity contribution in [2.75, 3.05) is 17.6 Å². The van der Waals surface area contributed by atoms with Crippen LogP contribution in [0.2, 0.25) is 0 Å². The fraction of sp³-hybridized carbons (Fsp3) is 0.364. The van der Waals surface area contributed by atoms with Crippen molar-refractivity contribution in [3.05, 3.63) is 59.7 Å². The van der Waals surface area contributed by atoms with E-state index in [1.807, 2.05) is 18.2 Å². The topological polar surface area (TPSA) is 84.2 Å². The molecule has 2 aromatic carbocycles. The number of hydrogen-bond acceptors (Lipinski definition) is 3. The number of carbonyl (C=O) groups excluding carboxylic acids is 2. The van der Waals surface area contributed by atoms with Gasteiger partial charge in [-0.05, 0) is 42.7 Å². The monoisotopic (exact) mass is 365 g/mol. The summed E-state index contributed by atoms with van der Waals surface area (Å²) in [6.45, 7) is 0.656. The predicted molar refractivity (Wildman–Crippen MR) is 109 cm³/mol. The first-order valence-corrected chi connectivity index (χ1v) is 9.67. The van der Waals surface area contributed by atoms with Crippen LogP contribution in [0.1, 0.15) is 59.2 Å². The molecule has 0 atom stereocenters. The fourth-order valence-electron chi connectivity index (χ4n) is 3.58. The lowest BCUT2D eigenvalue weighted by molar-refractivity contribution is 0.0949. The zero-order valence-electron chi connectivity index (χ0n) is 15.5. The highest BCUT2D eigenvalue weighted by atomic mass is 16.2. The van der Waals surface area contributed by atoms with Crippen molar-refractivity contribution in [3.8, 4) is 0 Å². The third kappa shape index (κ3) is 5.33. The molecule has 1 aliphatic rings. The summed E-state index contributed by atoms with van der Waals surface area (Å²) in [5.41, 5.74) is 7.89. The van der Waals surface area contributed by atoms with Crippen LogP contribution in [-0.4, -0.2) is 18.4 Å². The summed E-state index contributed by atoms with van der Waals surface area (Å²) in [7, 11) is 0. The van der Waals surface area contributed by atoms with Gasteiger partial charge < -0.3 is 16.4 Å². The molecule has 0 aliphatic heterocycles. The standard InChI is InChI=1S/C22H27N3O2/c23-20-12-11-18(25-21(26)17-9-5-2-6-10-17)15-19(20)22(27)24-14-13-16-7-3-1-4-8-16/h2,5-6,9-12,15-16H,1,3-4,7-8,13-14,23H2,(H,24,27)(H,25,26). The van der Waals surface area contributed by atoms with Crippen LogP contribution in [0.15, 0.2) is 48.5 Å². The van der Waals surface area contributed by atoms with Crippen LogP contribution in [0.3, 0.4) is 0 Å². The van der Waals surface area contributed by atoms with Crippen molar-refractivity contribution in [2.45, 2.75) is 38.5 Å². The van der Waals surface area contributed by atoms with Crippen LogP contribution in [0.25, 0.3) is 0 Å². The van der Waals surface area contributed by atoms with Crippen molar-refractivity contribution >= 4 is 23.2 Å². The summed E-state index contributed by atoms with van der Waals surface area (Å²) in [6, 6.07) is 13.9. The Bertz CT molecular complexity index is 783. The second-order valence-electron chi connectivity index (χ2n) is 7.17. The number of carbonyl (C=O) groups is 2. The highest BCUT2D eigenvalue weighted by Crippen LogP contribution is 2.26. The van der Waals surface area contributed by atoms with E-state index in [1.165, 1.54) is 32.1 Å². The smallest absolute Gasteiger partial charge is 0.255 e. The average Bonchev–Trinajstić information content (AvgIpc) is 2.70. The van der Waals surface area contributed by atoms with E-state index in [2.05, 4.69) is 10.6 Å². The number of nitrogens with two attached hydrogens (primary N) is 1. The minimum atomic E-state index is -0.218. The largest absolute Gasteiger partial charge is 0.398 e. The van der Waals surface area contributed by atoms with E-state index in [4.69, 9.17) is 5.73 Å². The first-order valence-electron chi connectivity index (χ1n) is 9.67. The number of nitrogen functional groups attached to an aromatic ring is 1. The van der Waals surface area contributed by atoms with E-state index in [1.54, 1.807) is 30.3 Å². The maximum Gasteiger partial charge on any atom is 0.255 e. The van der Waals surface area contributed by atoms with Crippen LogP contribution in [0.4, 0.5) is 11.4 Å². The van der Waals surface area contributed by atoms with Gasteiger partial charge >= 0.3 is 0 Å².